The van der Waals surface area contributed by atoms with Crippen molar-refractivity contribution in [3.63, 3.8) is 0 Å². The molecule has 1 heterocycles. The van der Waals surface area contributed by atoms with Crippen LogP contribution in [0.2, 0.25) is 0 Å². The highest BCUT2D eigenvalue weighted by Crippen LogP contribution is 2.32. The molecule has 1 aliphatic rings. The third-order valence-corrected chi connectivity index (χ3v) is 5.07. The maximum Gasteiger partial charge on any atom is 0.312 e. The molecule has 3 N–H and O–H groups in total. The smallest absolute Gasteiger partial charge is 0.312 e. The van der Waals surface area contributed by atoms with E-state index in [1.807, 2.05) is 39.0 Å². The number of fused-ring (bicyclic) bond motifs is 1. The summed E-state index contributed by atoms with van der Waals surface area (Å²) in [4.78, 5) is 14.4. The Morgan fingerprint density at radius 3 is 2.79 bits per heavy atom. The van der Waals surface area contributed by atoms with E-state index in [0.29, 0.717) is 35.1 Å². The minimum Gasteiger partial charge on any atom is -0.490 e. The van der Waals surface area contributed by atoms with Crippen molar-refractivity contribution >= 4 is 6.03 Å². The average molecular weight is 448 g/mol. The summed E-state index contributed by atoms with van der Waals surface area (Å²) in [5, 5.41) is 16.0. The summed E-state index contributed by atoms with van der Waals surface area (Å²) >= 11 is 0. The lowest BCUT2D eigenvalue weighted by molar-refractivity contribution is 0.241. The Kier molecular flexibility index (Phi) is 8.03. The Bertz CT molecular complexity index is 1150. The fourth-order valence-electron chi connectivity index (χ4n) is 3.63. The minimum absolute atomic E-state index is 0.00290. The van der Waals surface area contributed by atoms with Crippen LogP contribution in [0, 0.1) is 11.3 Å². The summed E-state index contributed by atoms with van der Waals surface area (Å²) in [5.74, 6) is 1.56. The lowest BCUT2D eigenvalue weighted by atomic mass is 10.0. The molecule has 0 saturated heterocycles. The molecule has 0 radical (unpaired) electrons. The number of carbonyl (C=O) groups is 1. The number of aromatic nitrogens is 2. The van der Waals surface area contributed by atoms with Crippen LogP contribution in [0.3, 0.4) is 0 Å². The zero-order valence-corrected chi connectivity index (χ0v) is 19.2. The lowest BCUT2D eigenvalue weighted by Gasteiger charge is -2.11. The second-order valence-electron chi connectivity index (χ2n) is 8.00. The van der Waals surface area contributed by atoms with Gasteiger partial charge in [-0.15, -0.1) is 0 Å². The Balaban J connectivity index is 0.000000383. The van der Waals surface area contributed by atoms with Crippen molar-refractivity contribution in [3.8, 4) is 34.7 Å². The lowest BCUT2D eigenvalue weighted by Crippen LogP contribution is -2.29. The molecule has 0 fully saturated rings. The van der Waals surface area contributed by atoms with Gasteiger partial charge in [-0.3, -0.25) is 0 Å². The summed E-state index contributed by atoms with van der Waals surface area (Å²) in [6, 6.07) is 13.3. The number of aryl methyl sites for hydroxylation is 1. The number of rotatable bonds is 6. The monoisotopic (exact) mass is 447 g/mol. The van der Waals surface area contributed by atoms with Gasteiger partial charge in [-0.05, 0) is 68.9 Å². The van der Waals surface area contributed by atoms with E-state index in [4.69, 9.17) is 15.0 Å². The number of urea groups is 1. The van der Waals surface area contributed by atoms with Gasteiger partial charge in [-0.25, -0.2) is 4.79 Å². The van der Waals surface area contributed by atoms with Crippen LogP contribution in [-0.2, 0) is 12.8 Å². The number of nitrogens with two attached hydrogens (primary N) is 1. The number of amides is 2. The highest BCUT2D eigenvalue weighted by Gasteiger charge is 2.20. The molecule has 1 aromatic heterocycles. The van der Waals surface area contributed by atoms with Gasteiger partial charge in [0.2, 0.25) is 5.82 Å². The summed E-state index contributed by atoms with van der Waals surface area (Å²) < 4.78 is 11.1. The molecule has 8 nitrogen and oxygen atoms in total. The molecule has 0 spiro atoms. The van der Waals surface area contributed by atoms with E-state index in [1.165, 1.54) is 17.5 Å². The van der Waals surface area contributed by atoms with Gasteiger partial charge >= 0.3 is 6.03 Å². The van der Waals surface area contributed by atoms with Crippen molar-refractivity contribution in [1.82, 2.24) is 15.5 Å². The first-order valence-corrected chi connectivity index (χ1v) is 11.1. The first-order chi connectivity index (χ1) is 15.9. The van der Waals surface area contributed by atoms with Gasteiger partial charge in [0.25, 0.3) is 5.89 Å². The number of benzene rings is 2. The number of hydrogen-bond donors (Lipinski definition) is 2. The molecule has 33 heavy (non-hydrogen) atoms. The van der Waals surface area contributed by atoms with Crippen molar-refractivity contribution in [2.24, 2.45) is 5.73 Å². The van der Waals surface area contributed by atoms with E-state index >= 15 is 0 Å². The topological polar surface area (TPSA) is 127 Å². The number of hydrogen-bond acceptors (Lipinski definition) is 6. The minimum atomic E-state index is -0.443. The van der Waals surface area contributed by atoms with Crippen molar-refractivity contribution in [2.75, 3.05) is 6.54 Å². The van der Waals surface area contributed by atoms with Crippen LogP contribution in [0.5, 0.6) is 5.75 Å². The van der Waals surface area contributed by atoms with Crippen molar-refractivity contribution < 1.29 is 14.1 Å². The van der Waals surface area contributed by atoms with Gasteiger partial charge in [-0.2, -0.15) is 10.2 Å². The van der Waals surface area contributed by atoms with E-state index in [-0.39, 0.29) is 6.10 Å². The molecule has 0 atom stereocenters. The van der Waals surface area contributed by atoms with Crippen molar-refractivity contribution in [2.45, 2.75) is 52.6 Å². The third-order valence-electron chi connectivity index (χ3n) is 5.07. The molecule has 4 rings (SSSR count). The second-order valence-corrected chi connectivity index (χ2v) is 8.00. The van der Waals surface area contributed by atoms with Crippen molar-refractivity contribution in [1.29, 1.82) is 5.26 Å². The molecule has 1 aliphatic carbocycles. The Morgan fingerprint density at radius 1 is 1.30 bits per heavy atom. The Hall–Kier alpha value is -3.86. The zero-order chi connectivity index (χ0) is 23.8. The molecule has 0 saturated carbocycles. The van der Waals surface area contributed by atoms with E-state index in [9.17, 15) is 10.1 Å². The molecule has 0 aliphatic heterocycles. The maximum absolute atomic E-state index is 9.87. The number of nitrogens with zero attached hydrogens (tertiary/aromatic N) is 3. The van der Waals surface area contributed by atoms with Gasteiger partial charge in [0, 0.05) is 17.7 Å². The van der Waals surface area contributed by atoms with Crippen LogP contribution in [0.4, 0.5) is 4.79 Å². The van der Waals surface area contributed by atoms with Crippen molar-refractivity contribution in [3.05, 3.63) is 53.1 Å². The van der Waals surface area contributed by atoms with Gasteiger partial charge in [-0.1, -0.05) is 30.3 Å². The normalized spacial score (nSPS) is 11.8. The first kappa shape index (κ1) is 23.8. The molecule has 172 valence electrons. The number of carbonyl (C=O) groups excluding carboxylic acids is 1. The standard InChI is InChI=1S/C21H19N3O2.C4H10N2O/c1-13(2)25-19-10-9-15(11-16(19)12-22)21-23-20(24-26-21)18-8-4-6-14-5-3-7-17(14)18;1-2-3-6-4(5)7/h4,6,8-11,13H,3,5,7H2,1-2H3;2-3H2,1H3,(H3,5,6,7). The molecule has 0 bridgehead atoms. The molecule has 2 aromatic carbocycles. The average Bonchev–Trinajstić information content (AvgIpc) is 3.47. The predicted octanol–water partition coefficient (Wildman–Crippen LogP) is 4.62. The van der Waals surface area contributed by atoms with Crippen LogP contribution in [0.15, 0.2) is 40.9 Å². The molecule has 3 aromatic rings. The largest absolute Gasteiger partial charge is 0.490 e. The van der Waals surface area contributed by atoms with E-state index < -0.39 is 6.03 Å². The van der Waals surface area contributed by atoms with E-state index in [0.717, 1.165) is 24.8 Å². The van der Waals surface area contributed by atoms with Crippen LogP contribution in [0.25, 0.3) is 22.8 Å². The fourth-order valence-corrected chi connectivity index (χ4v) is 3.63. The summed E-state index contributed by atoms with van der Waals surface area (Å²) in [5.41, 5.74) is 9.62. The maximum atomic E-state index is 9.87. The van der Waals surface area contributed by atoms with Crippen LogP contribution in [0.1, 0.15) is 50.3 Å². The van der Waals surface area contributed by atoms with Gasteiger partial charge in [0.05, 0.1) is 11.7 Å². The van der Waals surface area contributed by atoms with E-state index in [1.54, 1.807) is 12.1 Å². The Labute approximate surface area is 193 Å². The Morgan fingerprint density at radius 2 is 2.12 bits per heavy atom. The van der Waals surface area contributed by atoms with Gasteiger partial charge < -0.3 is 20.3 Å². The summed E-state index contributed by atoms with van der Waals surface area (Å²) in [7, 11) is 0. The highest BCUT2D eigenvalue weighted by molar-refractivity contribution is 5.71. The summed E-state index contributed by atoms with van der Waals surface area (Å²) in [6.07, 6.45) is 4.26. The van der Waals surface area contributed by atoms with Gasteiger partial charge in [0.15, 0.2) is 0 Å². The van der Waals surface area contributed by atoms with Crippen LogP contribution in [-0.4, -0.2) is 28.8 Å². The van der Waals surface area contributed by atoms with Crippen LogP contribution < -0.4 is 15.8 Å². The third kappa shape index (κ3) is 6.10. The SMILES string of the molecule is CC(C)Oc1ccc(-c2nc(-c3cccc4c3CCC4)no2)cc1C#N.CCCNC(N)=O. The zero-order valence-electron chi connectivity index (χ0n) is 19.2. The van der Waals surface area contributed by atoms with E-state index in [2.05, 4.69) is 27.6 Å². The molecule has 8 heteroatoms. The molecule has 2 amide bonds. The number of ether oxygens (including phenoxy) is 1. The first-order valence-electron chi connectivity index (χ1n) is 11.1. The summed E-state index contributed by atoms with van der Waals surface area (Å²) in [6.45, 7) is 6.50. The quantitative estimate of drug-likeness (QED) is 0.568. The van der Waals surface area contributed by atoms with Crippen LogP contribution >= 0.6 is 0 Å². The number of primary amides is 1. The fraction of sp³-hybridized carbons (Fsp3) is 0.360. The second kappa shape index (κ2) is 11.1. The molecular weight excluding hydrogens is 418 g/mol. The molecular formula is C25H29N5O3. The molecule has 0 unspecified atom stereocenters. The number of nitrogens with one attached hydrogen (secondary N) is 1. The number of nitriles is 1. The van der Waals surface area contributed by atoms with Gasteiger partial charge in [0.1, 0.15) is 11.8 Å². The highest BCUT2D eigenvalue weighted by atomic mass is 16.5. The predicted molar refractivity (Wildman–Crippen MR) is 126 cm³/mol.